The molecule has 1 saturated carbocycles. The van der Waals surface area contributed by atoms with E-state index in [0.29, 0.717) is 25.4 Å². The first-order chi connectivity index (χ1) is 9.29. The second-order valence-corrected chi connectivity index (χ2v) is 7.11. The van der Waals surface area contributed by atoms with Crippen molar-refractivity contribution in [3.05, 3.63) is 11.9 Å². The van der Waals surface area contributed by atoms with Crippen molar-refractivity contribution in [3.8, 4) is 0 Å². The van der Waals surface area contributed by atoms with Crippen molar-refractivity contribution < 1.29 is 9.90 Å². The highest BCUT2D eigenvalue weighted by atomic mass is 16.3. The van der Waals surface area contributed by atoms with Crippen LogP contribution in [-0.4, -0.2) is 41.1 Å². The number of nitrogens with zero attached hydrogens (tertiary/aromatic N) is 1. The van der Waals surface area contributed by atoms with Crippen LogP contribution in [0.1, 0.15) is 40.0 Å². The van der Waals surface area contributed by atoms with Crippen LogP contribution in [0.2, 0.25) is 0 Å². The molecule has 5 nitrogen and oxygen atoms in total. The van der Waals surface area contributed by atoms with Gasteiger partial charge in [0.25, 0.3) is 0 Å². The number of likely N-dealkylation sites (tertiary alicyclic amines) is 1. The maximum absolute atomic E-state index is 12.6. The lowest BCUT2D eigenvalue weighted by Gasteiger charge is -2.33. The molecule has 0 bridgehead atoms. The maximum atomic E-state index is 12.6. The predicted octanol–water partition coefficient (Wildman–Crippen LogP) is 0.794. The van der Waals surface area contributed by atoms with Gasteiger partial charge in [-0.05, 0) is 30.6 Å². The number of rotatable bonds is 4. The molecule has 5 heteroatoms. The van der Waals surface area contributed by atoms with Crippen molar-refractivity contribution in [2.24, 2.45) is 17.1 Å². The average molecular weight is 281 g/mol. The molecule has 0 aromatic rings. The minimum absolute atomic E-state index is 0.0499. The maximum Gasteiger partial charge on any atom is 0.245 e. The molecule has 4 N–H and O–H groups in total. The van der Waals surface area contributed by atoms with E-state index in [4.69, 9.17) is 5.73 Å². The Morgan fingerprint density at radius 3 is 2.50 bits per heavy atom. The van der Waals surface area contributed by atoms with Crippen molar-refractivity contribution in [2.45, 2.75) is 52.2 Å². The lowest BCUT2D eigenvalue weighted by molar-refractivity contribution is -0.135. The number of carbonyl (C=O) groups excluding carboxylic acids is 1. The van der Waals surface area contributed by atoms with E-state index in [-0.39, 0.29) is 23.5 Å². The Hall–Kier alpha value is -1.23. The summed E-state index contributed by atoms with van der Waals surface area (Å²) in [6, 6.07) is -0.315. The van der Waals surface area contributed by atoms with E-state index in [1.165, 1.54) is 0 Å². The molecule has 0 radical (unpaired) electrons. The summed E-state index contributed by atoms with van der Waals surface area (Å²) in [5.41, 5.74) is 6.62. The third-order valence-electron chi connectivity index (χ3n) is 4.05. The van der Waals surface area contributed by atoms with Crippen LogP contribution >= 0.6 is 0 Å². The average Bonchev–Trinajstić information content (AvgIpc) is 3.10. The first kappa shape index (κ1) is 15.2. The van der Waals surface area contributed by atoms with Crippen molar-refractivity contribution in [1.29, 1.82) is 0 Å². The summed E-state index contributed by atoms with van der Waals surface area (Å²) in [5.74, 6) is 0.542. The highest BCUT2D eigenvalue weighted by molar-refractivity contribution is 5.83. The molecule has 1 heterocycles. The van der Waals surface area contributed by atoms with Gasteiger partial charge in [0, 0.05) is 25.0 Å². The highest BCUT2D eigenvalue weighted by Gasteiger charge is 2.36. The fraction of sp³-hybridized carbons (Fsp3) is 0.800. The number of hydrogen-bond acceptors (Lipinski definition) is 4. The fourth-order valence-electron chi connectivity index (χ4n) is 2.53. The standard InChI is InChI=1S/C15H27N3O2/c1-15(2,3)13(17-8-12(16)10-4-5-10)14(20)18-7-6-11(19)9-18/h8,10-11,13,17,19H,4-7,9,16H2,1-3H3/b12-8-/t11?,13-/m1/s1. The molecular weight excluding hydrogens is 254 g/mol. The Kier molecular flexibility index (Phi) is 4.28. The van der Waals surface area contributed by atoms with Crippen LogP contribution in [0, 0.1) is 11.3 Å². The van der Waals surface area contributed by atoms with Gasteiger partial charge in [0.2, 0.25) is 5.91 Å². The SMILES string of the molecule is CC(C)(C)[C@H](N/C=C(\N)C1CC1)C(=O)N1CCC(O)C1. The van der Waals surface area contributed by atoms with Crippen LogP contribution in [0.25, 0.3) is 0 Å². The monoisotopic (exact) mass is 281 g/mol. The number of nitrogens with two attached hydrogens (primary N) is 1. The predicted molar refractivity (Wildman–Crippen MR) is 78.6 cm³/mol. The van der Waals surface area contributed by atoms with Gasteiger partial charge in [0.1, 0.15) is 6.04 Å². The number of aliphatic hydroxyl groups is 1. The zero-order valence-corrected chi connectivity index (χ0v) is 12.7. The van der Waals surface area contributed by atoms with Crippen LogP contribution in [0.4, 0.5) is 0 Å². The highest BCUT2D eigenvalue weighted by Crippen LogP contribution is 2.33. The minimum atomic E-state index is -0.383. The van der Waals surface area contributed by atoms with E-state index in [1.54, 1.807) is 11.1 Å². The fourth-order valence-corrected chi connectivity index (χ4v) is 2.53. The van der Waals surface area contributed by atoms with Crippen LogP contribution in [0.3, 0.4) is 0 Å². The molecule has 0 aromatic heterocycles. The number of carbonyl (C=O) groups is 1. The van der Waals surface area contributed by atoms with Crippen LogP contribution in [-0.2, 0) is 4.79 Å². The first-order valence-corrected chi connectivity index (χ1v) is 7.47. The second kappa shape index (κ2) is 5.64. The van der Waals surface area contributed by atoms with Crippen molar-refractivity contribution >= 4 is 5.91 Å². The normalized spacial score (nSPS) is 25.7. The number of β-amino-alcohol motifs (C(OH)–C–C–N with tert-alkyl or cyclic N) is 1. The van der Waals surface area contributed by atoms with Gasteiger partial charge in [-0.3, -0.25) is 4.79 Å². The summed E-state index contributed by atoms with van der Waals surface area (Å²) in [5, 5.41) is 12.8. The number of nitrogens with one attached hydrogen (secondary N) is 1. The van der Waals surface area contributed by atoms with Crippen molar-refractivity contribution in [2.75, 3.05) is 13.1 Å². The molecule has 2 atom stereocenters. The van der Waals surface area contributed by atoms with Gasteiger partial charge in [0.15, 0.2) is 0 Å². The summed E-state index contributed by atoms with van der Waals surface area (Å²) in [6.07, 6.45) is 4.39. The van der Waals surface area contributed by atoms with E-state index >= 15 is 0 Å². The topological polar surface area (TPSA) is 78.6 Å². The molecule has 1 amide bonds. The van der Waals surface area contributed by atoms with Gasteiger partial charge in [-0.25, -0.2) is 0 Å². The molecule has 114 valence electrons. The van der Waals surface area contributed by atoms with Gasteiger partial charge in [-0.2, -0.15) is 0 Å². The molecule has 1 aliphatic heterocycles. The molecule has 2 fully saturated rings. The van der Waals surface area contributed by atoms with Crippen molar-refractivity contribution in [3.63, 3.8) is 0 Å². The second-order valence-electron chi connectivity index (χ2n) is 7.11. The van der Waals surface area contributed by atoms with Crippen LogP contribution in [0.5, 0.6) is 0 Å². The van der Waals surface area contributed by atoms with Crippen molar-refractivity contribution in [1.82, 2.24) is 10.2 Å². The van der Waals surface area contributed by atoms with Crippen LogP contribution < -0.4 is 11.1 Å². The Bertz CT molecular complexity index is 396. The summed E-state index contributed by atoms with van der Waals surface area (Å²) >= 11 is 0. The molecule has 1 unspecified atom stereocenters. The lowest BCUT2D eigenvalue weighted by atomic mass is 9.86. The van der Waals surface area contributed by atoms with Gasteiger partial charge in [-0.1, -0.05) is 20.8 Å². The van der Waals surface area contributed by atoms with E-state index in [1.807, 2.05) is 20.8 Å². The van der Waals surface area contributed by atoms with Gasteiger partial charge < -0.3 is 21.1 Å². The zero-order valence-electron chi connectivity index (χ0n) is 12.7. The molecule has 2 rings (SSSR count). The molecule has 1 aliphatic carbocycles. The molecule has 20 heavy (non-hydrogen) atoms. The van der Waals surface area contributed by atoms with Gasteiger partial charge in [0.05, 0.1) is 6.10 Å². The van der Waals surface area contributed by atoms with E-state index in [2.05, 4.69) is 5.32 Å². The number of allylic oxidation sites excluding steroid dienone is 1. The summed E-state index contributed by atoms with van der Waals surface area (Å²) in [7, 11) is 0. The Morgan fingerprint density at radius 2 is 2.05 bits per heavy atom. The lowest BCUT2D eigenvalue weighted by Crippen LogP contribution is -2.51. The third kappa shape index (κ3) is 3.66. The van der Waals surface area contributed by atoms with Gasteiger partial charge >= 0.3 is 0 Å². The number of amides is 1. The molecule has 0 aromatic carbocycles. The molecule has 0 spiro atoms. The van der Waals surface area contributed by atoms with E-state index in [9.17, 15) is 9.90 Å². The Morgan fingerprint density at radius 1 is 1.40 bits per heavy atom. The molecule has 1 saturated heterocycles. The summed E-state index contributed by atoms with van der Waals surface area (Å²) in [4.78, 5) is 14.4. The van der Waals surface area contributed by atoms with Crippen LogP contribution in [0.15, 0.2) is 11.9 Å². The zero-order chi connectivity index (χ0) is 14.9. The minimum Gasteiger partial charge on any atom is -0.401 e. The third-order valence-corrected chi connectivity index (χ3v) is 4.05. The molecule has 2 aliphatic rings. The quantitative estimate of drug-likeness (QED) is 0.712. The van der Waals surface area contributed by atoms with E-state index < -0.39 is 0 Å². The molecular formula is C15H27N3O2. The number of aliphatic hydroxyl groups excluding tert-OH is 1. The van der Waals surface area contributed by atoms with E-state index in [0.717, 1.165) is 18.5 Å². The first-order valence-electron chi connectivity index (χ1n) is 7.47. The number of hydrogen-bond donors (Lipinski definition) is 3. The largest absolute Gasteiger partial charge is 0.401 e. The Balaban J connectivity index is 2.03. The Labute approximate surface area is 121 Å². The summed E-state index contributed by atoms with van der Waals surface area (Å²) in [6.45, 7) is 7.19. The van der Waals surface area contributed by atoms with Gasteiger partial charge in [-0.15, -0.1) is 0 Å². The smallest absolute Gasteiger partial charge is 0.245 e. The summed E-state index contributed by atoms with van der Waals surface area (Å²) < 4.78 is 0.